The molecule has 0 saturated carbocycles. The van der Waals surface area contributed by atoms with Crippen LogP contribution in [0, 0.1) is 10.7 Å². The summed E-state index contributed by atoms with van der Waals surface area (Å²) in [5.41, 5.74) is 2.12. The molecule has 2 aromatic rings. The Morgan fingerprint density at radius 3 is 2.62 bits per heavy atom. The van der Waals surface area contributed by atoms with Gasteiger partial charge in [0, 0.05) is 17.1 Å². The average molecular weight is 232 g/mol. The summed E-state index contributed by atoms with van der Waals surface area (Å²) in [6, 6.07) is 7.94. The van der Waals surface area contributed by atoms with E-state index in [0.717, 1.165) is 11.0 Å². The van der Waals surface area contributed by atoms with Crippen molar-refractivity contribution in [3.63, 3.8) is 0 Å². The van der Waals surface area contributed by atoms with Gasteiger partial charge in [0.15, 0.2) is 0 Å². The number of benzene rings is 1. The quantitative estimate of drug-likeness (QED) is 0.426. The Morgan fingerprint density at radius 1 is 1.38 bits per heavy atom. The van der Waals surface area contributed by atoms with Crippen LogP contribution in [-0.2, 0) is 29.7 Å². The molecule has 3 nitrogen and oxygen atoms in total. The largest absolute Gasteiger partial charge is 0.696 e. The van der Waals surface area contributed by atoms with Gasteiger partial charge in [0.05, 0.1) is 17.4 Å². The summed E-state index contributed by atoms with van der Waals surface area (Å²) in [6.07, 6.45) is 1.70. The summed E-state index contributed by atoms with van der Waals surface area (Å²) in [5.74, 6) is 0. The topological polar surface area (TPSA) is 52.5 Å². The third-order valence-electron chi connectivity index (χ3n) is 1.33. The molecular weight excluding hydrogens is 226 g/mol. The first-order valence-corrected chi connectivity index (χ1v) is 3.68. The molecule has 2 rings (SSSR count). The molecule has 0 aliphatic rings. The Morgan fingerprint density at radius 2 is 2.00 bits per heavy atom. The van der Waals surface area contributed by atoms with E-state index >= 15 is 0 Å². The fraction of sp³-hybridized carbons (Fsp3) is 0. The number of hydrogen-bond acceptors (Lipinski definition) is 3. The number of aromatic nitrogens is 2. The maximum atomic E-state index is 7.13. The maximum Gasteiger partial charge on any atom is 0.0931 e. The van der Waals surface area contributed by atoms with E-state index in [2.05, 4.69) is 22.6 Å². The van der Waals surface area contributed by atoms with Gasteiger partial charge < -0.3 is 17.6 Å². The molecule has 5 heteroatoms. The number of hydrogen-bond donors (Lipinski definition) is 1. The summed E-state index contributed by atoms with van der Waals surface area (Å²) in [6.45, 7) is 0. The molecule has 13 heavy (non-hydrogen) atoms. The number of H-pyrrole nitrogens is 1. The first-order valence-electron chi connectivity index (χ1n) is 3.28. The zero-order valence-corrected chi connectivity index (χ0v) is 8.46. The minimum Gasteiger partial charge on any atom is -0.696 e. The standard InChI is InChI=1S/C7H6N2.CHNS.Fe/c1-2-4-7-6(3-1)8-5-9-7;2-1-3;/h1-5H,(H,8,9);3H;/p-1. The molecular formula is C8H6FeN3S-. The average Bonchev–Trinajstić information content (AvgIpc) is 2.52. The number of para-hydroxylation sites is 2. The number of fused-ring (bicyclic) bond motifs is 1. The molecule has 1 aromatic carbocycles. The number of imidazole rings is 1. The van der Waals surface area contributed by atoms with Crippen molar-refractivity contribution in [1.82, 2.24) is 9.97 Å². The number of nitrogens with zero attached hydrogens (tertiary/aromatic N) is 2. The Labute approximate surface area is 92.1 Å². The van der Waals surface area contributed by atoms with Crippen LogP contribution in [0.25, 0.3) is 11.0 Å². The second-order valence-corrected chi connectivity index (χ2v) is 2.19. The molecule has 0 unspecified atom stereocenters. The Balaban J connectivity index is 0.000000324. The van der Waals surface area contributed by atoms with Crippen LogP contribution in [0.1, 0.15) is 0 Å². The van der Waals surface area contributed by atoms with Crippen molar-refractivity contribution in [2.75, 3.05) is 0 Å². The summed E-state index contributed by atoms with van der Waals surface area (Å²) in [4.78, 5) is 7.07. The summed E-state index contributed by atoms with van der Waals surface area (Å²) >= 11 is 3.70. The van der Waals surface area contributed by atoms with Crippen molar-refractivity contribution in [2.24, 2.45) is 0 Å². The number of aromatic amines is 1. The van der Waals surface area contributed by atoms with Gasteiger partial charge in [-0.1, -0.05) is 17.5 Å². The zero-order chi connectivity index (χ0) is 8.81. The third kappa shape index (κ3) is 3.43. The van der Waals surface area contributed by atoms with E-state index in [4.69, 9.17) is 5.26 Å². The van der Waals surface area contributed by atoms with Gasteiger partial charge in [-0.25, -0.2) is 10.2 Å². The van der Waals surface area contributed by atoms with Gasteiger partial charge in [0.1, 0.15) is 0 Å². The molecule has 0 atom stereocenters. The molecule has 1 aromatic heterocycles. The molecule has 0 bridgehead atoms. The summed E-state index contributed by atoms with van der Waals surface area (Å²) in [5, 5.41) is 8.47. The van der Waals surface area contributed by atoms with Crippen molar-refractivity contribution >= 4 is 23.7 Å². The molecule has 0 saturated heterocycles. The van der Waals surface area contributed by atoms with Crippen LogP contribution in [-0.4, -0.2) is 9.97 Å². The smallest absolute Gasteiger partial charge is 0.0931 e. The normalized spacial score (nSPS) is 7.62. The van der Waals surface area contributed by atoms with Gasteiger partial charge >= 0.3 is 0 Å². The minimum atomic E-state index is 0. The van der Waals surface area contributed by atoms with Gasteiger partial charge in [-0.2, -0.15) is 0 Å². The van der Waals surface area contributed by atoms with Gasteiger partial charge in [-0.3, -0.25) is 0 Å². The molecule has 1 heterocycles. The van der Waals surface area contributed by atoms with Crippen LogP contribution < -0.4 is 0 Å². The van der Waals surface area contributed by atoms with Crippen molar-refractivity contribution in [3.05, 3.63) is 30.6 Å². The fourth-order valence-corrected chi connectivity index (χ4v) is 0.880. The van der Waals surface area contributed by atoms with Gasteiger partial charge in [0.2, 0.25) is 0 Å². The number of thiocyanates is 1. The van der Waals surface area contributed by atoms with Crippen LogP contribution in [0.3, 0.4) is 0 Å². The monoisotopic (exact) mass is 232 g/mol. The Hall–Kier alpha value is -1.08. The number of nitriles is 1. The molecule has 0 radical (unpaired) electrons. The van der Waals surface area contributed by atoms with Crippen LogP contribution in [0.5, 0.6) is 0 Å². The van der Waals surface area contributed by atoms with E-state index < -0.39 is 0 Å². The first-order chi connectivity index (χ1) is 5.88. The number of rotatable bonds is 0. The van der Waals surface area contributed by atoms with E-state index in [1.807, 2.05) is 24.3 Å². The van der Waals surface area contributed by atoms with Gasteiger partial charge in [-0.15, -0.1) is 0 Å². The Kier molecular flexibility index (Phi) is 5.90. The molecule has 0 fully saturated rings. The third-order valence-corrected chi connectivity index (χ3v) is 1.33. The van der Waals surface area contributed by atoms with Gasteiger partial charge in [-0.05, 0) is 12.1 Å². The van der Waals surface area contributed by atoms with E-state index in [1.165, 1.54) is 5.40 Å². The predicted molar refractivity (Wildman–Crippen MR) is 49.1 cm³/mol. The zero-order valence-electron chi connectivity index (χ0n) is 6.54. The molecule has 68 valence electrons. The second kappa shape index (κ2) is 6.44. The predicted octanol–water partition coefficient (Wildman–Crippen LogP) is 1.57. The molecule has 0 aliphatic heterocycles. The van der Waals surface area contributed by atoms with E-state index in [1.54, 1.807) is 6.33 Å². The summed E-state index contributed by atoms with van der Waals surface area (Å²) in [7, 11) is 0. The van der Waals surface area contributed by atoms with Crippen LogP contribution in [0.4, 0.5) is 0 Å². The molecule has 0 aliphatic carbocycles. The van der Waals surface area contributed by atoms with Crippen LogP contribution in [0.15, 0.2) is 30.6 Å². The second-order valence-electron chi connectivity index (χ2n) is 2.01. The fourth-order valence-electron chi connectivity index (χ4n) is 0.880. The van der Waals surface area contributed by atoms with Gasteiger partial charge in [0.25, 0.3) is 0 Å². The van der Waals surface area contributed by atoms with Crippen molar-refractivity contribution in [2.45, 2.75) is 0 Å². The molecule has 0 amide bonds. The van der Waals surface area contributed by atoms with E-state index in [-0.39, 0.29) is 17.1 Å². The summed E-state index contributed by atoms with van der Waals surface area (Å²) < 4.78 is 0. The van der Waals surface area contributed by atoms with Crippen molar-refractivity contribution < 1.29 is 17.1 Å². The SMILES string of the molecule is N#C[S-].[Fe].c1ccc2[nH]cnc2c1. The van der Waals surface area contributed by atoms with E-state index in [9.17, 15) is 0 Å². The van der Waals surface area contributed by atoms with Crippen LogP contribution in [0.2, 0.25) is 0 Å². The van der Waals surface area contributed by atoms with Crippen LogP contribution >= 0.6 is 0 Å². The molecule has 1 N–H and O–H groups in total. The van der Waals surface area contributed by atoms with Crippen molar-refractivity contribution in [1.29, 1.82) is 5.26 Å². The number of nitrogens with one attached hydrogen (secondary N) is 1. The molecule has 0 spiro atoms. The maximum absolute atomic E-state index is 7.13. The Bertz CT molecular complexity index is 363. The first kappa shape index (κ1) is 11.9. The minimum absolute atomic E-state index is 0. The van der Waals surface area contributed by atoms with Crippen molar-refractivity contribution in [3.8, 4) is 5.40 Å². The van der Waals surface area contributed by atoms with E-state index in [0.29, 0.717) is 0 Å².